The highest BCUT2D eigenvalue weighted by Crippen LogP contribution is 2.27. The van der Waals surface area contributed by atoms with Gasteiger partial charge in [-0.3, -0.25) is 4.79 Å². The van der Waals surface area contributed by atoms with Crippen LogP contribution in [0, 0.1) is 5.92 Å². The molecule has 0 unspecified atom stereocenters. The Kier molecular flexibility index (Phi) is 3.18. The smallest absolute Gasteiger partial charge is 0.227 e. The van der Waals surface area contributed by atoms with Crippen LogP contribution in [0.5, 0.6) is 0 Å². The molecule has 1 amide bonds. The Morgan fingerprint density at radius 2 is 2.30 bits per heavy atom. The minimum absolute atomic E-state index is 0.0158. The molecule has 9 nitrogen and oxygen atoms in total. The van der Waals surface area contributed by atoms with Crippen molar-refractivity contribution in [2.75, 3.05) is 18.0 Å². The van der Waals surface area contributed by atoms with Crippen molar-refractivity contribution in [1.82, 2.24) is 30.3 Å². The maximum atomic E-state index is 12.1. The summed E-state index contributed by atoms with van der Waals surface area (Å²) in [5, 5.41) is 10.9. The van der Waals surface area contributed by atoms with Crippen LogP contribution in [0.15, 0.2) is 29.1 Å². The minimum Gasteiger partial charge on any atom is -0.467 e. The number of aromatic nitrogens is 5. The third-order valence-corrected chi connectivity index (χ3v) is 3.94. The monoisotopic (exact) mass is 313 g/mol. The Bertz CT molecular complexity index is 836. The van der Waals surface area contributed by atoms with Crippen LogP contribution in [0.4, 0.5) is 5.82 Å². The molecule has 4 heterocycles. The molecule has 0 atom stereocenters. The molecule has 1 saturated heterocycles. The van der Waals surface area contributed by atoms with Crippen molar-refractivity contribution in [3.63, 3.8) is 0 Å². The standard InChI is InChI=1S/C14H15N7O2/c1-20-12-11(18-19-20)13(17-8-16-12)21-6-9(7-21)14(22)15-5-10-3-2-4-23-10/h2-4,8-9H,5-7H2,1H3,(H,15,22). The molecule has 0 aromatic carbocycles. The Morgan fingerprint density at radius 1 is 1.43 bits per heavy atom. The van der Waals surface area contributed by atoms with E-state index >= 15 is 0 Å². The molecule has 1 aliphatic rings. The molecule has 9 heteroatoms. The summed E-state index contributed by atoms with van der Waals surface area (Å²) in [6.07, 6.45) is 3.08. The largest absolute Gasteiger partial charge is 0.467 e. The van der Waals surface area contributed by atoms with Gasteiger partial charge >= 0.3 is 0 Å². The predicted molar refractivity (Wildman–Crippen MR) is 80.4 cm³/mol. The van der Waals surface area contributed by atoms with E-state index in [0.29, 0.717) is 30.8 Å². The van der Waals surface area contributed by atoms with E-state index in [1.807, 2.05) is 11.0 Å². The number of nitrogens with zero attached hydrogens (tertiary/aromatic N) is 6. The molecule has 1 fully saturated rings. The van der Waals surface area contributed by atoms with Gasteiger partial charge in [-0.2, -0.15) is 0 Å². The highest BCUT2D eigenvalue weighted by atomic mass is 16.3. The zero-order valence-corrected chi connectivity index (χ0v) is 12.5. The zero-order valence-electron chi connectivity index (χ0n) is 12.5. The molecule has 3 aromatic rings. The van der Waals surface area contributed by atoms with Crippen molar-refractivity contribution in [3.8, 4) is 0 Å². The van der Waals surface area contributed by atoms with E-state index in [0.717, 1.165) is 11.6 Å². The third-order valence-electron chi connectivity index (χ3n) is 3.94. The van der Waals surface area contributed by atoms with Gasteiger partial charge in [0.1, 0.15) is 12.1 Å². The van der Waals surface area contributed by atoms with E-state index in [1.165, 1.54) is 6.33 Å². The number of hydrogen-bond donors (Lipinski definition) is 1. The van der Waals surface area contributed by atoms with Gasteiger partial charge in [-0.1, -0.05) is 5.21 Å². The van der Waals surface area contributed by atoms with Crippen LogP contribution in [0.25, 0.3) is 11.2 Å². The van der Waals surface area contributed by atoms with Gasteiger partial charge in [-0.15, -0.1) is 5.10 Å². The van der Waals surface area contributed by atoms with Crippen molar-refractivity contribution in [3.05, 3.63) is 30.5 Å². The molecule has 0 bridgehead atoms. The molecule has 0 aliphatic carbocycles. The molecular weight excluding hydrogens is 298 g/mol. The first-order valence-corrected chi connectivity index (χ1v) is 7.28. The maximum absolute atomic E-state index is 12.1. The molecule has 23 heavy (non-hydrogen) atoms. The van der Waals surface area contributed by atoms with Crippen LogP contribution in [0.1, 0.15) is 5.76 Å². The molecule has 4 rings (SSSR count). The Labute approximate surface area is 131 Å². The van der Waals surface area contributed by atoms with Gasteiger partial charge in [-0.05, 0) is 12.1 Å². The van der Waals surface area contributed by atoms with E-state index in [2.05, 4.69) is 25.6 Å². The summed E-state index contributed by atoms with van der Waals surface area (Å²) in [4.78, 5) is 22.6. The number of amides is 1. The molecule has 0 saturated carbocycles. The summed E-state index contributed by atoms with van der Waals surface area (Å²) in [6.45, 7) is 1.61. The van der Waals surface area contributed by atoms with Crippen molar-refractivity contribution < 1.29 is 9.21 Å². The molecule has 118 valence electrons. The predicted octanol–water partition coefficient (Wildman–Crippen LogP) is 0.104. The van der Waals surface area contributed by atoms with E-state index in [4.69, 9.17) is 4.42 Å². The van der Waals surface area contributed by atoms with Gasteiger partial charge in [0.15, 0.2) is 17.0 Å². The average Bonchev–Trinajstić information content (AvgIpc) is 3.14. The Balaban J connectivity index is 1.39. The van der Waals surface area contributed by atoms with Crippen LogP contribution >= 0.6 is 0 Å². The number of anilines is 1. The lowest BCUT2D eigenvalue weighted by Crippen LogP contribution is -2.54. The normalized spacial score (nSPS) is 14.9. The summed E-state index contributed by atoms with van der Waals surface area (Å²) < 4.78 is 6.80. The lowest BCUT2D eigenvalue weighted by Gasteiger charge is -2.38. The summed E-state index contributed by atoms with van der Waals surface area (Å²) >= 11 is 0. The number of carbonyl (C=O) groups excluding carboxylic acids is 1. The van der Waals surface area contributed by atoms with E-state index in [1.54, 1.807) is 24.1 Å². The number of furan rings is 1. The number of rotatable bonds is 4. The van der Waals surface area contributed by atoms with E-state index < -0.39 is 0 Å². The van der Waals surface area contributed by atoms with Gasteiger partial charge in [0.05, 0.1) is 18.7 Å². The molecular formula is C14H15N7O2. The second kappa shape index (κ2) is 5.34. The fraction of sp³-hybridized carbons (Fsp3) is 0.357. The van der Waals surface area contributed by atoms with Gasteiger partial charge in [0.2, 0.25) is 5.91 Å². The highest BCUT2D eigenvalue weighted by molar-refractivity contribution is 5.86. The first-order valence-electron chi connectivity index (χ1n) is 7.28. The Morgan fingerprint density at radius 3 is 3.09 bits per heavy atom. The van der Waals surface area contributed by atoms with Gasteiger partial charge in [0, 0.05) is 20.1 Å². The summed E-state index contributed by atoms with van der Waals surface area (Å²) in [6, 6.07) is 3.63. The Hall–Kier alpha value is -2.97. The second-order valence-corrected chi connectivity index (χ2v) is 5.48. The SMILES string of the molecule is Cn1nnc2c(N3CC(C(=O)NCc4ccco4)C3)ncnc21. The average molecular weight is 313 g/mol. The second-order valence-electron chi connectivity index (χ2n) is 5.48. The van der Waals surface area contributed by atoms with Crippen LogP contribution in [-0.2, 0) is 18.4 Å². The molecule has 0 radical (unpaired) electrons. The van der Waals surface area contributed by atoms with Crippen molar-refractivity contribution >= 4 is 22.9 Å². The first kappa shape index (κ1) is 13.7. The van der Waals surface area contributed by atoms with E-state index in [9.17, 15) is 4.79 Å². The van der Waals surface area contributed by atoms with Gasteiger partial charge in [-0.25, -0.2) is 14.6 Å². The topological polar surface area (TPSA) is 102 Å². The number of aryl methyl sites for hydroxylation is 1. The number of hydrogen-bond acceptors (Lipinski definition) is 7. The number of carbonyl (C=O) groups is 1. The summed E-state index contributed by atoms with van der Waals surface area (Å²) in [5.41, 5.74) is 1.34. The molecule has 1 N–H and O–H groups in total. The van der Waals surface area contributed by atoms with Crippen LogP contribution in [0.2, 0.25) is 0 Å². The maximum Gasteiger partial charge on any atom is 0.227 e. The summed E-state index contributed by atoms with van der Waals surface area (Å²) in [7, 11) is 1.78. The van der Waals surface area contributed by atoms with Crippen LogP contribution in [-0.4, -0.2) is 44.0 Å². The quantitative estimate of drug-likeness (QED) is 0.729. The fourth-order valence-corrected chi connectivity index (χ4v) is 2.62. The molecule has 1 aliphatic heterocycles. The van der Waals surface area contributed by atoms with Gasteiger partial charge < -0.3 is 14.6 Å². The summed E-state index contributed by atoms with van der Waals surface area (Å²) in [5.74, 6) is 1.42. The van der Waals surface area contributed by atoms with Crippen molar-refractivity contribution in [2.45, 2.75) is 6.54 Å². The lowest BCUT2D eigenvalue weighted by molar-refractivity contribution is -0.126. The van der Waals surface area contributed by atoms with E-state index in [-0.39, 0.29) is 11.8 Å². The van der Waals surface area contributed by atoms with Crippen LogP contribution in [0.3, 0.4) is 0 Å². The van der Waals surface area contributed by atoms with Crippen molar-refractivity contribution in [2.24, 2.45) is 13.0 Å². The van der Waals surface area contributed by atoms with Crippen molar-refractivity contribution in [1.29, 1.82) is 0 Å². The van der Waals surface area contributed by atoms with Gasteiger partial charge in [0.25, 0.3) is 0 Å². The van der Waals surface area contributed by atoms with Crippen LogP contribution < -0.4 is 10.2 Å². The highest BCUT2D eigenvalue weighted by Gasteiger charge is 2.35. The molecule has 3 aromatic heterocycles. The first-order chi connectivity index (χ1) is 11.2. The zero-order chi connectivity index (χ0) is 15.8. The fourth-order valence-electron chi connectivity index (χ4n) is 2.62. The minimum atomic E-state index is -0.0633. The number of nitrogens with one attached hydrogen (secondary N) is 1. The lowest BCUT2D eigenvalue weighted by atomic mass is 9.99. The number of fused-ring (bicyclic) bond motifs is 1. The molecule has 0 spiro atoms. The third kappa shape index (κ3) is 2.39.